The molecule has 0 radical (unpaired) electrons. The number of morpholine rings is 1. The van der Waals surface area contributed by atoms with Gasteiger partial charge in [-0.15, -0.1) is 5.10 Å². The molecular weight excluding hydrogens is 434 g/mol. The van der Waals surface area contributed by atoms with Crippen LogP contribution in [0.4, 0.5) is 14.7 Å². The smallest absolute Gasteiger partial charge is 0.289 e. The first-order valence-corrected chi connectivity index (χ1v) is 11.0. The number of hydrogen-bond acceptors (Lipinski definition) is 9. The average Bonchev–Trinajstić information content (AvgIpc) is 3.47. The summed E-state index contributed by atoms with van der Waals surface area (Å²) < 4.78 is 42.1. The molecular formula is C21H22F2N8O2. The third-order valence-corrected chi connectivity index (χ3v) is 6.26. The molecule has 3 aromatic rings. The van der Waals surface area contributed by atoms with E-state index in [1.54, 1.807) is 28.9 Å². The number of ether oxygens (including phenoxy) is 2. The Morgan fingerprint density at radius 1 is 0.939 bits per heavy atom. The van der Waals surface area contributed by atoms with E-state index in [2.05, 4.69) is 25.3 Å². The summed E-state index contributed by atoms with van der Waals surface area (Å²) in [6, 6.07) is 6.85. The van der Waals surface area contributed by atoms with E-state index >= 15 is 0 Å². The molecule has 12 heteroatoms. The first-order valence-electron chi connectivity index (χ1n) is 11.0. The SMILES string of the molecule is FC(F)C1(c2nc(N3CCOCC3)nc3c2nnn3C2CCOCC2)N=c2ccccc2=N1. The second kappa shape index (κ2) is 8.03. The van der Waals surface area contributed by atoms with Crippen molar-refractivity contribution >= 4 is 17.1 Å². The molecule has 2 aromatic heterocycles. The van der Waals surface area contributed by atoms with Crippen LogP contribution in [0.25, 0.3) is 11.2 Å². The van der Waals surface area contributed by atoms with E-state index < -0.39 is 12.1 Å². The van der Waals surface area contributed by atoms with Crippen molar-refractivity contribution in [2.75, 3.05) is 44.4 Å². The average molecular weight is 456 g/mol. The molecule has 10 nitrogen and oxygen atoms in total. The molecule has 1 aromatic carbocycles. The van der Waals surface area contributed by atoms with Crippen LogP contribution < -0.4 is 15.6 Å². The van der Waals surface area contributed by atoms with Crippen LogP contribution in [-0.4, -0.2) is 70.9 Å². The highest BCUT2D eigenvalue weighted by molar-refractivity contribution is 5.75. The van der Waals surface area contributed by atoms with E-state index in [0.29, 0.717) is 61.8 Å². The molecule has 5 heterocycles. The standard InChI is InChI=1S/C21H22F2N8O2/c22-19(23)21(26-14-3-1-2-4-15(14)27-21)17-16-18(25-20(24-17)30-7-11-33-12-8-30)31(29-28-16)13-5-9-32-10-6-13/h1-4,13,19H,5-12H2. The van der Waals surface area contributed by atoms with Gasteiger partial charge in [0.1, 0.15) is 5.69 Å². The minimum atomic E-state index is -2.94. The molecule has 0 saturated carbocycles. The predicted molar refractivity (Wildman–Crippen MR) is 112 cm³/mol. The number of aromatic nitrogens is 5. The number of fused-ring (bicyclic) bond motifs is 2. The lowest BCUT2D eigenvalue weighted by Crippen LogP contribution is -2.39. The van der Waals surface area contributed by atoms with Crippen molar-refractivity contribution in [3.05, 3.63) is 40.7 Å². The van der Waals surface area contributed by atoms with Crippen LogP contribution in [0.3, 0.4) is 0 Å². The lowest BCUT2D eigenvalue weighted by molar-refractivity contribution is 0.0557. The van der Waals surface area contributed by atoms with E-state index in [0.717, 1.165) is 12.8 Å². The van der Waals surface area contributed by atoms with Crippen molar-refractivity contribution in [3.8, 4) is 0 Å². The van der Waals surface area contributed by atoms with E-state index in [-0.39, 0.29) is 17.3 Å². The molecule has 0 spiro atoms. The molecule has 6 rings (SSSR count). The molecule has 0 aliphatic carbocycles. The van der Waals surface area contributed by atoms with Gasteiger partial charge < -0.3 is 14.4 Å². The van der Waals surface area contributed by atoms with Gasteiger partial charge in [0.05, 0.1) is 30.0 Å². The number of anilines is 1. The quantitative estimate of drug-likeness (QED) is 0.572. The predicted octanol–water partition coefficient (Wildman–Crippen LogP) is 0.780. The number of halogens is 2. The molecule has 172 valence electrons. The summed E-state index contributed by atoms with van der Waals surface area (Å²) >= 11 is 0. The van der Waals surface area contributed by atoms with Gasteiger partial charge in [0.2, 0.25) is 5.95 Å². The summed E-state index contributed by atoms with van der Waals surface area (Å²) in [5.41, 5.74) is -1.63. The Labute approximate surface area is 187 Å². The minimum Gasteiger partial charge on any atom is -0.381 e. The Balaban J connectivity index is 1.59. The summed E-state index contributed by atoms with van der Waals surface area (Å²) in [7, 11) is 0. The molecule has 3 aliphatic rings. The van der Waals surface area contributed by atoms with Crippen molar-refractivity contribution in [2.45, 2.75) is 31.0 Å². The zero-order valence-electron chi connectivity index (χ0n) is 17.8. The monoisotopic (exact) mass is 456 g/mol. The largest absolute Gasteiger partial charge is 0.381 e. The fourth-order valence-corrected chi connectivity index (χ4v) is 4.51. The van der Waals surface area contributed by atoms with Gasteiger partial charge in [-0.25, -0.2) is 28.4 Å². The van der Waals surface area contributed by atoms with Gasteiger partial charge in [0.15, 0.2) is 11.2 Å². The zero-order chi connectivity index (χ0) is 22.4. The number of rotatable bonds is 4. The van der Waals surface area contributed by atoms with Crippen LogP contribution in [0, 0.1) is 0 Å². The number of nitrogens with zero attached hydrogens (tertiary/aromatic N) is 8. The van der Waals surface area contributed by atoms with Crippen LogP contribution in [0.15, 0.2) is 34.3 Å². The van der Waals surface area contributed by atoms with Crippen LogP contribution >= 0.6 is 0 Å². The summed E-state index contributed by atoms with van der Waals surface area (Å²) in [6.07, 6.45) is -1.45. The van der Waals surface area contributed by atoms with E-state index in [1.165, 1.54) is 0 Å². The van der Waals surface area contributed by atoms with Crippen molar-refractivity contribution in [2.24, 2.45) is 9.98 Å². The van der Waals surface area contributed by atoms with E-state index in [9.17, 15) is 8.78 Å². The number of benzene rings is 1. The van der Waals surface area contributed by atoms with Gasteiger partial charge in [-0.2, -0.15) is 4.98 Å². The van der Waals surface area contributed by atoms with E-state index in [1.807, 2.05) is 4.90 Å². The summed E-state index contributed by atoms with van der Waals surface area (Å²) in [4.78, 5) is 20.0. The van der Waals surface area contributed by atoms with Crippen molar-refractivity contribution in [3.63, 3.8) is 0 Å². The molecule has 0 atom stereocenters. The second-order valence-corrected chi connectivity index (χ2v) is 8.26. The third-order valence-electron chi connectivity index (χ3n) is 6.26. The Hall–Kier alpha value is -3.12. The highest BCUT2D eigenvalue weighted by Crippen LogP contribution is 2.38. The number of alkyl halides is 2. The molecule has 0 N–H and O–H groups in total. The van der Waals surface area contributed by atoms with Gasteiger partial charge in [-0.1, -0.05) is 17.3 Å². The fourth-order valence-electron chi connectivity index (χ4n) is 4.51. The maximum Gasteiger partial charge on any atom is 0.289 e. The Morgan fingerprint density at radius 3 is 2.27 bits per heavy atom. The first-order chi connectivity index (χ1) is 16.2. The molecule has 33 heavy (non-hydrogen) atoms. The fraction of sp³-hybridized carbons (Fsp3) is 0.524. The van der Waals surface area contributed by atoms with Crippen LogP contribution in [0.1, 0.15) is 24.6 Å². The van der Waals surface area contributed by atoms with Crippen molar-refractivity contribution < 1.29 is 18.3 Å². The highest BCUT2D eigenvalue weighted by Gasteiger charge is 2.48. The molecule has 0 amide bonds. The Kier molecular flexibility index (Phi) is 4.98. The topological polar surface area (TPSA) is 103 Å². The van der Waals surface area contributed by atoms with Crippen LogP contribution in [0.2, 0.25) is 0 Å². The molecule has 0 unspecified atom stereocenters. The van der Waals surface area contributed by atoms with Gasteiger partial charge in [-0.05, 0) is 25.0 Å². The van der Waals surface area contributed by atoms with Crippen molar-refractivity contribution in [1.82, 2.24) is 25.0 Å². The highest BCUT2D eigenvalue weighted by atomic mass is 19.3. The van der Waals surface area contributed by atoms with Gasteiger partial charge in [0, 0.05) is 26.3 Å². The Morgan fingerprint density at radius 2 is 1.61 bits per heavy atom. The van der Waals surface area contributed by atoms with Gasteiger partial charge >= 0.3 is 0 Å². The molecule has 3 aliphatic heterocycles. The summed E-state index contributed by atoms with van der Waals surface area (Å²) in [5.74, 6) is 0.331. The van der Waals surface area contributed by atoms with Crippen molar-refractivity contribution in [1.29, 1.82) is 0 Å². The van der Waals surface area contributed by atoms with Crippen LogP contribution in [0.5, 0.6) is 0 Å². The normalized spacial score (nSPS) is 20.6. The number of para-hydroxylation sites is 2. The third kappa shape index (κ3) is 3.35. The summed E-state index contributed by atoms with van der Waals surface area (Å²) in [6.45, 7) is 3.32. The molecule has 0 bridgehead atoms. The minimum absolute atomic E-state index is 0.0150. The second-order valence-electron chi connectivity index (χ2n) is 8.26. The first kappa shape index (κ1) is 20.5. The zero-order valence-corrected chi connectivity index (χ0v) is 17.8. The Bertz CT molecular complexity index is 1270. The van der Waals surface area contributed by atoms with E-state index in [4.69, 9.17) is 14.5 Å². The molecule has 2 saturated heterocycles. The maximum atomic E-state index is 14.8. The lowest BCUT2D eigenvalue weighted by atomic mass is 10.1. The number of hydrogen-bond donors (Lipinski definition) is 0. The van der Waals surface area contributed by atoms with Gasteiger partial charge in [-0.3, -0.25) is 0 Å². The molecule has 2 fully saturated rings. The maximum absolute atomic E-state index is 14.8. The van der Waals surface area contributed by atoms with Crippen LogP contribution in [-0.2, 0) is 15.1 Å². The van der Waals surface area contributed by atoms with Gasteiger partial charge in [0.25, 0.3) is 12.1 Å². The summed E-state index contributed by atoms with van der Waals surface area (Å²) in [5, 5.41) is 9.37. The lowest BCUT2D eigenvalue weighted by Gasteiger charge is -2.29.